The molecule has 0 bridgehead atoms. The number of methoxy groups -OCH3 is 1. The zero-order valence-electron chi connectivity index (χ0n) is 15.8. The van der Waals surface area contributed by atoms with Crippen LogP contribution in [-0.2, 0) is 11.0 Å². The van der Waals surface area contributed by atoms with E-state index in [0.29, 0.717) is 37.2 Å². The number of rotatable bonds is 4. The van der Waals surface area contributed by atoms with Crippen LogP contribution in [0.15, 0.2) is 48.5 Å². The molecule has 0 aromatic heterocycles. The first-order valence-electron chi connectivity index (χ1n) is 9.20. The van der Waals surface area contributed by atoms with E-state index >= 15 is 0 Å². The molecule has 2 aromatic rings. The van der Waals surface area contributed by atoms with Gasteiger partial charge in [-0.1, -0.05) is 12.1 Å². The number of benzene rings is 2. The molecule has 0 spiro atoms. The van der Waals surface area contributed by atoms with E-state index in [9.17, 15) is 22.8 Å². The fraction of sp³-hybridized carbons (Fsp3) is 0.333. The molecule has 1 N–H and O–H groups in total. The molecule has 5 nitrogen and oxygen atoms in total. The first kappa shape index (κ1) is 20.7. The molecule has 2 amide bonds. The van der Waals surface area contributed by atoms with Gasteiger partial charge in [0.25, 0.3) is 5.91 Å². The smallest absolute Gasteiger partial charge is 0.418 e. The van der Waals surface area contributed by atoms with Gasteiger partial charge in [-0.2, -0.15) is 13.2 Å². The van der Waals surface area contributed by atoms with E-state index in [4.69, 9.17) is 4.74 Å². The minimum Gasteiger partial charge on any atom is -0.497 e. The summed E-state index contributed by atoms with van der Waals surface area (Å²) >= 11 is 0. The van der Waals surface area contributed by atoms with Crippen molar-refractivity contribution in [1.82, 2.24) is 4.90 Å². The summed E-state index contributed by atoms with van der Waals surface area (Å²) in [6.07, 6.45) is -3.76. The number of nitrogens with one attached hydrogen (secondary N) is 1. The largest absolute Gasteiger partial charge is 0.497 e. The summed E-state index contributed by atoms with van der Waals surface area (Å²) in [5.74, 6) is -0.403. The van der Waals surface area contributed by atoms with Crippen molar-refractivity contribution in [3.8, 4) is 5.75 Å². The van der Waals surface area contributed by atoms with Crippen molar-refractivity contribution in [2.45, 2.75) is 19.0 Å². The maximum atomic E-state index is 13.1. The van der Waals surface area contributed by atoms with Crippen LogP contribution in [-0.4, -0.2) is 36.9 Å². The summed E-state index contributed by atoms with van der Waals surface area (Å²) in [7, 11) is 1.54. The number of carbonyl (C=O) groups is 2. The van der Waals surface area contributed by atoms with Gasteiger partial charge < -0.3 is 15.0 Å². The van der Waals surface area contributed by atoms with Gasteiger partial charge in [-0.25, -0.2) is 0 Å². The van der Waals surface area contributed by atoms with Gasteiger partial charge in [-0.3, -0.25) is 9.59 Å². The Kier molecular flexibility index (Phi) is 6.10. The van der Waals surface area contributed by atoms with Crippen LogP contribution >= 0.6 is 0 Å². The molecule has 2 aromatic carbocycles. The van der Waals surface area contributed by atoms with Gasteiger partial charge in [0.1, 0.15) is 5.75 Å². The average Bonchev–Trinajstić information content (AvgIpc) is 2.73. The van der Waals surface area contributed by atoms with Crippen molar-refractivity contribution in [3.63, 3.8) is 0 Å². The third-order valence-electron chi connectivity index (χ3n) is 4.98. The van der Waals surface area contributed by atoms with E-state index in [1.54, 1.807) is 36.3 Å². The second-order valence-corrected chi connectivity index (χ2v) is 6.83. The normalized spacial score (nSPS) is 15.1. The van der Waals surface area contributed by atoms with E-state index in [0.717, 1.165) is 6.07 Å². The lowest BCUT2D eigenvalue weighted by Crippen LogP contribution is -2.41. The molecule has 0 saturated carbocycles. The first-order chi connectivity index (χ1) is 13.8. The highest BCUT2D eigenvalue weighted by molar-refractivity contribution is 5.95. The van der Waals surface area contributed by atoms with Gasteiger partial charge in [0.2, 0.25) is 5.91 Å². The van der Waals surface area contributed by atoms with Crippen LogP contribution < -0.4 is 10.1 Å². The molecule has 154 valence electrons. The lowest BCUT2D eigenvalue weighted by Gasteiger charge is -2.31. The summed E-state index contributed by atoms with van der Waals surface area (Å²) in [6.45, 7) is 0.730. The van der Waals surface area contributed by atoms with Crippen molar-refractivity contribution in [3.05, 3.63) is 59.7 Å². The summed E-state index contributed by atoms with van der Waals surface area (Å²) in [5, 5.41) is 2.40. The summed E-state index contributed by atoms with van der Waals surface area (Å²) < 4.78 is 44.3. The molecule has 0 radical (unpaired) electrons. The van der Waals surface area contributed by atoms with Gasteiger partial charge in [-0.15, -0.1) is 0 Å². The Morgan fingerprint density at radius 2 is 1.66 bits per heavy atom. The third-order valence-corrected chi connectivity index (χ3v) is 4.98. The van der Waals surface area contributed by atoms with Crippen LogP contribution in [0.2, 0.25) is 0 Å². The Hall–Kier alpha value is -3.03. The molecule has 1 saturated heterocycles. The number of likely N-dealkylation sites (tertiary alicyclic amines) is 1. The molecule has 3 rings (SSSR count). The number of hydrogen-bond acceptors (Lipinski definition) is 3. The van der Waals surface area contributed by atoms with Crippen molar-refractivity contribution >= 4 is 17.5 Å². The van der Waals surface area contributed by atoms with E-state index in [-0.39, 0.29) is 11.6 Å². The summed E-state index contributed by atoms with van der Waals surface area (Å²) in [5.41, 5.74) is -0.602. The molecule has 1 heterocycles. The average molecular weight is 406 g/mol. The molecule has 8 heteroatoms. The fourth-order valence-electron chi connectivity index (χ4n) is 3.34. The Morgan fingerprint density at radius 3 is 2.24 bits per heavy atom. The highest BCUT2D eigenvalue weighted by atomic mass is 19.4. The SMILES string of the molecule is COc1ccc(C(=O)N2CCC(C(=O)Nc3ccccc3C(F)(F)F)CC2)cc1. The minimum atomic E-state index is -4.54. The predicted octanol–water partition coefficient (Wildman–Crippen LogP) is 4.20. The van der Waals surface area contributed by atoms with Crippen LogP contribution in [0.5, 0.6) is 5.75 Å². The lowest BCUT2D eigenvalue weighted by molar-refractivity contribution is -0.137. The number of halogens is 3. The topological polar surface area (TPSA) is 58.6 Å². The zero-order valence-corrected chi connectivity index (χ0v) is 15.8. The number of amides is 2. The number of piperidine rings is 1. The van der Waals surface area contributed by atoms with Crippen molar-refractivity contribution in [1.29, 1.82) is 0 Å². The quantitative estimate of drug-likeness (QED) is 0.828. The van der Waals surface area contributed by atoms with Gasteiger partial charge >= 0.3 is 6.18 Å². The molecule has 1 aliphatic rings. The first-order valence-corrected chi connectivity index (χ1v) is 9.20. The van der Waals surface area contributed by atoms with E-state index in [1.165, 1.54) is 18.2 Å². The maximum Gasteiger partial charge on any atom is 0.418 e. The van der Waals surface area contributed by atoms with Crippen molar-refractivity contribution < 1.29 is 27.5 Å². The highest BCUT2D eigenvalue weighted by Crippen LogP contribution is 2.35. The van der Waals surface area contributed by atoms with Crippen LogP contribution in [0, 0.1) is 5.92 Å². The second kappa shape index (κ2) is 8.55. The van der Waals surface area contributed by atoms with Crippen LogP contribution in [0.4, 0.5) is 18.9 Å². The lowest BCUT2D eigenvalue weighted by atomic mass is 9.95. The second-order valence-electron chi connectivity index (χ2n) is 6.83. The monoisotopic (exact) mass is 406 g/mol. The van der Waals surface area contributed by atoms with Crippen molar-refractivity contribution in [2.75, 3.05) is 25.5 Å². The Morgan fingerprint density at radius 1 is 1.03 bits per heavy atom. The third kappa shape index (κ3) is 4.88. The summed E-state index contributed by atoms with van der Waals surface area (Å²) in [4.78, 5) is 26.7. The number of ether oxygens (including phenoxy) is 1. The summed E-state index contributed by atoms with van der Waals surface area (Å²) in [6, 6.07) is 11.6. The molecule has 29 heavy (non-hydrogen) atoms. The molecule has 0 atom stereocenters. The van der Waals surface area contributed by atoms with Crippen LogP contribution in [0.3, 0.4) is 0 Å². The number of nitrogens with zero attached hydrogens (tertiary/aromatic N) is 1. The Bertz CT molecular complexity index is 873. The molecular weight excluding hydrogens is 385 g/mol. The number of carbonyl (C=O) groups excluding carboxylic acids is 2. The molecule has 0 unspecified atom stereocenters. The van der Waals surface area contributed by atoms with E-state index < -0.39 is 23.6 Å². The highest BCUT2D eigenvalue weighted by Gasteiger charge is 2.34. The standard InChI is InChI=1S/C21H21F3N2O3/c1-29-16-8-6-15(7-9-16)20(28)26-12-10-14(11-13-26)19(27)25-18-5-3-2-4-17(18)21(22,23)24/h2-9,14H,10-13H2,1H3,(H,25,27). The minimum absolute atomic E-state index is 0.145. The van der Waals surface area contributed by atoms with Gasteiger partial charge in [0.15, 0.2) is 0 Å². The zero-order chi connectivity index (χ0) is 21.0. The number of anilines is 1. The maximum absolute atomic E-state index is 13.1. The van der Waals surface area contributed by atoms with Crippen molar-refractivity contribution in [2.24, 2.45) is 5.92 Å². The fourth-order valence-corrected chi connectivity index (χ4v) is 3.34. The molecule has 0 aliphatic carbocycles. The number of para-hydroxylation sites is 1. The van der Waals surface area contributed by atoms with Crippen LogP contribution in [0.25, 0.3) is 0 Å². The molecule has 1 fully saturated rings. The van der Waals surface area contributed by atoms with Gasteiger partial charge in [0, 0.05) is 24.6 Å². The van der Waals surface area contributed by atoms with Crippen LogP contribution in [0.1, 0.15) is 28.8 Å². The van der Waals surface area contributed by atoms with E-state index in [1.807, 2.05) is 0 Å². The van der Waals surface area contributed by atoms with Gasteiger partial charge in [-0.05, 0) is 49.2 Å². The molecular formula is C21H21F3N2O3. The predicted molar refractivity (Wildman–Crippen MR) is 102 cm³/mol. The molecule has 1 aliphatic heterocycles. The Balaban J connectivity index is 1.59. The van der Waals surface area contributed by atoms with E-state index in [2.05, 4.69) is 5.32 Å². The van der Waals surface area contributed by atoms with Gasteiger partial charge in [0.05, 0.1) is 18.4 Å². The number of alkyl halides is 3. The number of hydrogen-bond donors (Lipinski definition) is 1. The Labute approximate surface area is 166 Å².